The van der Waals surface area contributed by atoms with Crippen molar-refractivity contribution in [2.24, 2.45) is 0 Å². The summed E-state index contributed by atoms with van der Waals surface area (Å²) < 4.78 is 28.9. The first-order valence-corrected chi connectivity index (χ1v) is 6.71. The smallest absolute Gasteiger partial charge is 0.184 e. The number of nitrogen functional groups attached to an aromatic ring is 1. The zero-order chi connectivity index (χ0) is 12.3. The average molecular weight is 264 g/mol. The van der Waals surface area contributed by atoms with Crippen LogP contribution in [0.3, 0.4) is 0 Å². The average Bonchev–Trinajstić information content (AvgIpc) is 2.16. The van der Waals surface area contributed by atoms with Gasteiger partial charge in [0.2, 0.25) is 0 Å². The molecular formula is C10H14ClNO3S. The summed E-state index contributed by atoms with van der Waals surface area (Å²) in [4.78, 5) is -0.0134. The standard InChI is InChI=1S/C10H14ClNO3S/c1-7(15-2)6-16(13,14)10-8(11)4-3-5-9(10)12/h3-5,7H,6,12H2,1-2H3. The highest BCUT2D eigenvalue weighted by atomic mass is 35.5. The van der Waals surface area contributed by atoms with Gasteiger partial charge in [-0.2, -0.15) is 0 Å². The molecule has 0 amide bonds. The lowest BCUT2D eigenvalue weighted by atomic mass is 10.3. The Hall–Kier alpha value is -0.780. The predicted octanol–water partition coefficient (Wildman–Crippen LogP) is 1.73. The minimum Gasteiger partial charge on any atom is -0.398 e. The van der Waals surface area contributed by atoms with E-state index in [4.69, 9.17) is 22.1 Å². The quantitative estimate of drug-likeness (QED) is 0.840. The van der Waals surface area contributed by atoms with Crippen LogP contribution in [0.1, 0.15) is 6.92 Å². The molecule has 4 nitrogen and oxygen atoms in total. The van der Waals surface area contributed by atoms with E-state index < -0.39 is 15.9 Å². The summed E-state index contributed by atoms with van der Waals surface area (Å²) in [7, 11) is -2.06. The van der Waals surface area contributed by atoms with E-state index in [1.165, 1.54) is 19.2 Å². The van der Waals surface area contributed by atoms with Crippen LogP contribution >= 0.6 is 11.6 Å². The first kappa shape index (κ1) is 13.3. The van der Waals surface area contributed by atoms with E-state index in [1.807, 2.05) is 0 Å². The maximum atomic E-state index is 12.0. The number of rotatable bonds is 4. The molecule has 0 aliphatic carbocycles. The third kappa shape index (κ3) is 2.87. The van der Waals surface area contributed by atoms with E-state index in [0.29, 0.717) is 0 Å². The molecule has 0 radical (unpaired) electrons. The van der Waals surface area contributed by atoms with Crippen LogP contribution < -0.4 is 5.73 Å². The Labute approximate surface area is 100 Å². The molecule has 0 fully saturated rings. The molecule has 0 aliphatic rings. The molecule has 1 aromatic rings. The largest absolute Gasteiger partial charge is 0.398 e. The number of halogens is 1. The van der Waals surface area contributed by atoms with Gasteiger partial charge >= 0.3 is 0 Å². The van der Waals surface area contributed by atoms with E-state index >= 15 is 0 Å². The molecule has 1 unspecified atom stereocenters. The molecule has 16 heavy (non-hydrogen) atoms. The van der Waals surface area contributed by atoms with Crippen molar-refractivity contribution >= 4 is 27.1 Å². The van der Waals surface area contributed by atoms with Crippen molar-refractivity contribution < 1.29 is 13.2 Å². The van der Waals surface area contributed by atoms with Crippen molar-refractivity contribution in [3.05, 3.63) is 23.2 Å². The predicted molar refractivity (Wildman–Crippen MR) is 64.4 cm³/mol. The molecule has 0 heterocycles. The van der Waals surface area contributed by atoms with Gasteiger partial charge in [-0.05, 0) is 19.1 Å². The molecule has 0 saturated carbocycles. The van der Waals surface area contributed by atoms with Gasteiger partial charge in [0.1, 0.15) is 4.90 Å². The lowest BCUT2D eigenvalue weighted by Crippen LogP contribution is -2.21. The summed E-state index contributed by atoms with van der Waals surface area (Å²) in [6, 6.07) is 4.62. The molecule has 2 N–H and O–H groups in total. The van der Waals surface area contributed by atoms with Crippen molar-refractivity contribution in [1.29, 1.82) is 0 Å². The number of hydrogen-bond acceptors (Lipinski definition) is 4. The SMILES string of the molecule is COC(C)CS(=O)(=O)c1c(N)cccc1Cl. The molecule has 1 aromatic carbocycles. The topological polar surface area (TPSA) is 69.4 Å². The van der Waals surface area contributed by atoms with Crippen LogP contribution in [0.5, 0.6) is 0 Å². The Morgan fingerprint density at radius 2 is 2.12 bits per heavy atom. The lowest BCUT2D eigenvalue weighted by Gasteiger charge is -2.12. The second-order valence-electron chi connectivity index (χ2n) is 3.49. The van der Waals surface area contributed by atoms with Gasteiger partial charge in [-0.25, -0.2) is 8.42 Å². The minimum absolute atomic E-state index is 0.0134. The fourth-order valence-corrected chi connectivity index (χ4v) is 3.56. The highest BCUT2D eigenvalue weighted by molar-refractivity contribution is 7.91. The second-order valence-corrected chi connectivity index (χ2v) is 5.86. The van der Waals surface area contributed by atoms with Crippen molar-refractivity contribution in [3.8, 4) is 0 Å². The first-order chi connectivity index (χ1) is 7.38. The number of anilines is 1. The van der Waals surface area contributed by atoms with Crippen molar-refractivity contribution in [3.63, 3.8) is 0 Å². The van der Waals surface area contributed by atoms with Crippen LogP contribution in [0.15, 0.2) is 23.1 Å². The molecule has 0 aliphatic heterocycles. The van der Waals surface area contributed by atoms with Crippen LogP contribution in [-0.2, 0) is 14.6 Å². The van der Waals surface area contributed by atoms with Gasteiger partial charge in [0.15, 0.2) is 9.84 Å². The maximum Gasteiger partial charge on any atom is 0.184 e. The number of nitrogens with two attached hydrogens (primary N) is 1. The van der Waals surface area contributed by atoms with Crippen LogP contribution in [0.25, 0.3) is 0 Å². The van der Waals surface area contributed by atoms with Gasteiger partial charge < -0.3 is 10.5 Å². The number of sulfone groups is 1. The number of benzene rings is 1. The van der Waals surface area contributed by atoms with Gasteiger partial charge in [0.05, 0.1) is 22.6 Å². The number of ether oxygens (including phenoxy) is 1. The second kappa shape index (κ2) is 5.03. The summed E-state index contributed by atoms with van der Waals surface area (Å²) in [5.74, 6) is -0.141. The fourth-order valence-electron chi connectivity index (χ4n) is 1.31. The summed E-state index contributed by atoms with van der Waals surface area (Å²) in [5.41, 5.74) is 5.78. The Balaban J connectivity index is 3.17. The van der Waals surface area contributed by atoms with Crippen LogP contribution in [-0.4, -0.2) is 27.4 Å². The summed E-state index contributed by atoms with van der Waals surface area (Å²) in [5, 5.41) is 0.142. The van der Waals surface area contributed by atoms with Gasteiger partial charge in [0.25, 0.3) is 0 Å². The summed E-state index contributed by atoms with van der Waals surface area (Å²) in [6.07, 6.45) is -0.402. The molecule has 0 saturated heterocycles. The Bertz CT molecular complexity index is 453. The van der Waals surface area contributed by atoms with E-state index in [1.54, 1.807) is 13.0 Å². The molecular weight excluding hydrogens is 250 g/mol. The van der Waals surface area contributed by atoms with E-state index in [0.717, 1.165) is 0 Å². The minimum atomic E-state index is -3.51. The zero-order valence-electron chi connectivity index (χ0n) is 9.10. The lowest BCUT2D eigenvalue weighted by molar-refractivity contribution is 0.136. The van der Waals surface area contributed by atoms with E-state index in [2.05, 4.69) is 0 Å². The fraction of sp³-hybridized carbons (Fsp3) is 0.400. The van der Waals surface area contributed by atoms with Gasteiger partial charge in [-0.3, -0.25) is 0 Å². The van der Waals surface area contributed by atoms with Crippen molar-refractivity contribution in [2.45, 2.75) is 17.9 Å². The van der Waals surface area contributed by atoms with Crippen LogP contribution in [0, 0.1) is 0 Å². The molecule has 0 aromatic heterocycles. The van der Waals surface area contributed by atoms with Crippen LogP contribution in [0.4, 0.5) is 5.69 Å². The Morgan fingerprint density at radius 1 is 1.50 bits per heavy atom. The molecule has 90 valence electrons. The number of hydrogen-bond donors (Lipinski definition) is 1. The number of methoxy groups -OCH3 is 1. The third-order valence-corrected chi connectivity index (χ3v) is 4.58. The van der Waals surface area contributed by atoms with Crippen molar-refractivity contribution in [1.82, 2.24) is 0 Å². The van der Waals surface area contributed by atoms with Crippen LogP contribution in [0.2, 0.25) is 5.02 Å². The monoisotopic (exact) mass is 263 g/mol. The normalized spacial score (nSPS) is 13.7. The molecule has 6 heteroatoms. The maximum absolute atomic E-state index is 12.0. The van der Waals surface area contributed by atoms with Gasteiger partial charge in [-0.1, -0.05) is 17.7 Å². The molecule has 0 spiro atoms. The Morgan fingerprint density at radius 3 is 2.62 bits per heavy atom. The zero-order valence-corrected chi connectivity index (χ0v) is 10.7. The summed E-state index contributed by atoms with van der Waals surface area (Å²) in [6.45, 7) is 1.67. The molecule has 1 atom stereocenters. The van der Waals surface area contributed by atoms with E-state index in [-0.39, 0.29) is 21.4 Å². The highest BCUT2D eigenvalue weighted by Gasteiger charge is 2.23. The Kier molecular flexibility index (Phi) is 4.18. The molecule has 0 bridgehead atoms. The van der Waals surface area contributed by atoms with Gasteiger partial charge in [-0.15, -0.1) is 0 Å². The first-order valence-electron chi connectivity index (χ1n) is 4.68. The molecule has 1 rings (SSSR count). The van der Waals surface area contributed by atoms with E-state index in [9.17, 15) is 8.42 Å². The third-order valence-electron chi connectivity index (χ3n) is 2.16. The summed E-state index contributed by atoms with van der Waals surface area (Å²) >= 11 is 5.84. The highest BCUT2D eigenvalue weighted by Crippen LogP contribution is 2.28. The van der Waals surface area contributed by atoms with Crippen molar-refractivity contribution in [2.75, 3.05) is 18.6 Å². The van der Waals surface area contributed by atoms with Gasteiger partial charge in [0, 0.05) is 7.11 Å².